The van der Waals surface area contributed by atoms with Crippen LogP contribution in [-0.2, 0) is 6.42 Å². The summed E-state index contributed by atoms with van der Waals surface area (Å²) in [5.74, 6) is 0.919. The average molecular weight is 283 g/mol. The normalized spacial score (nSPS) is 10.5. The molecule has 8 heteroatoms. The Morgan fingerprint density at radius 2 is 2.10 bits per heavy atom. The number of aromatic nitrogens is 6. The molecule has 0 aliphatic rings. The number of carbonyl (C=O) groups is 1. The van der Waals surface area contributed by atoms with Gasteiger partial charge in [0.1, 0.15) is 5.82 Å². The minimum atomic E-state index is -0.200. The molecule has 0 aliphatic heterocycles. The van der Waals surface area contributed by atoms with Crippen LogP contribution in [0.25, 0.3) is 11.4 Å². The van der Waals surface area contributed by atoms with Gasteiger partial charge in [-0.2, -0.15) is 10.3 Å². The zero-order valence-electron chi connectivity index (χ0n) is 11.3. The van der Waals surface area contributed by atoms with Crippen molar-refractivity contribution in [3.05, 3.63) is 41.6 Å². The van der Waals surface area contributed by atoms with Crippen LogP contribution in [0.3, 0.4) is 0 Å². The van der Waals surface area contributed by atoms with Crippen LogP contribution in [0.5, 0.6) is 0 Å². The predicted molar refractivity (Wildman–Crippen MR) is 75.5 cm³/mol. The summed E-state index contributed by atoms with van der Waals surface area (Å²) >= 11 is 0. The molecule has 106 valence electrons. The summed E-state index contributed by atoms with van der Waals surface area (Å²) < 4.78 is 0. The van der Waals surface area contributed by atoms with Crippen molar-refractivity contribution in [2.45, 2.75) is 13.3 Å². The number of anilines is 1. The van der Waals surface area contributed by atoms with Crippen molar-refractivity contribution in [3.63, 3.8) is 0 Å². The molecule has 0 radical (unpaired) electrons. The molecule has 8 nitrogen and oxygen atoms in total. The molecule has 1 amide bonds. The second-order valence-corrected chi connectivity index (χ2v) is 4.39. The second kappa shape index (κ2) is 5.53. The van der Waals surface area contributed by atoms with Gasteiger partial charge in [0.05, 0.1) is 6.20 Å². The molecular formula is C13H13N7O. The molecule has 2 heterocycles. The van der Waals surface area contributed by atoms with Crippen LogP contribution >= 0.6 is 0 Å². The Balaban J connectivity index is 1.76. The van der Waals surface area contributed by atoms with Crippen LogP contribution in [0.15, 0.2) is 30.5 Å². The van der Waals surface area contributed by atoms with Crippen molar-refractivity contribution in [2.75, 3.05) is 5.32 Å². The van der Waals surface area contributed by atoms with Gasteiger partial charge in [-0.1, -0.05) is 19.1 Å². The Hall–Kier alpha value is -3.03. The van der Waals surface area contributed by atoms with Crippen LogP contribution in [0.1, 0.15) is 22.8 Å². The van der Waals surface area contributed by atoms with Crippen LogP contribution in [0, 0.1) is 0 Å². The smallest absolute Gasteiger partial charge is 0.256 e. The van der Waals surface area contributed by atoms with E-state index in [9.17, 15) is 4.79 Å². The monoisotopic (exact) mass is 283 g/mol. The molecule has 0 saturated carbocycles. The number of amides is 1. The van der Waals surface area contributed by atoms with E-state index >= 15 is 0 Å². The maximum atomic E-state index is 12.2. The van der Waals surface area contributed by atoms with Crippen molar-refractivity contribution in [1.29, 1.82) is 0 Å². The zero-order valence-corrected chi connectivity index (χ0v) is 11.3. The molecule has 2 aromatic heterocycles. The zero-order chi connectivity index (χ0) is 14.7. The van der Waals surface area contributed by atoms with Gasteiger partial charge in [-0.25, -0.2) is 0 Å². The number of hydrogen-bond acceptors (Lipinski definition) is 5. The highest BCUT2D eigenvalue weighted by molar-refractivity contribution is 6.04. The Morgan fingerprint density at radius 3 is 2.76 bits per heavy atom. The van der Waals surface area contributed by atoms with E-state index in [1.807, 2.05) is 6.92 Å². The average Bonchev–Trinajstić information content (AvgIpc) is 3.18. The number of rotatable bonds is 4. The molecule has 0 bridgehead atoms. The van der Waals surface area contributed by atoms with E-state index in [-0.39, 0.29) is 5.91 Å². The van der Waals surface area contributed by atoms with E-state index < -0.39 is 0 Å². The van der Waals surface area contributed by atoms with Crippen LogP contribution in [0.4, 0.5) is 5.82 Å². The summed E-state index contributed by atoms with van der Waals surface area (Å²) in [6.07, 6.45) is 2.50. The minimum Gasteiger partial charge on any atom is -0.307 e. The van der Waals surface area contributed by atoms with Gasteiger partial charge < -0.3 is 5.32 Å². The highest BCUT2D eigenvalue weighted by Gasteiger charge is 2.11. The van der Waals surface area contributed by atoms with Crippen LogP contribution in [0.2, 0.25) is 0 Å². The maximum absolute atomic E-state index is 12.2. The lowest BCUT2D eigenvalue weighted by atomic mass is 10.1. The molecule has 0 saturated heterocycles. The van der Waals surface area contributed by atoms with Gasteiger partial charge in [-0.05, 0) is 23.8 Å². The fourth-order valence-electron chi connectivity index (χ4n) is 1.93. The molecule has 0 unspecified atom stereocenters. The molecular weight excluding hydrogens is 270 g/mol. The fraction of sp³-hybridized carbons (Fsp3) is 0.154. The number of aromatic amines is 2. The van der Waals surface area contributed by atoms with Gasteiger partial charge in [-0.3, -0.25) is 9.89 Å². The van der Waals surface area contributed by atoms with Gasteiger partial charge in [0.2, 0.25) is 5.82 Å². The van der Waals surface area contributed by atoms with Crippen LogP contribution in [-0.4, -0.2) is 36.7 Å². The summed E-state index contributed by atoms with van der Waals surface area (Å²) in [6.45, 7) is 2.00. The highest BCUT2D eigenvalue weighted by Crippen LogP contribution is 2.16. The summed E-state index contributed by atoms with van der Waals surface area (Å²) in [6, 6.07) is 6.97. The third-order valence-corrected chi connectivity index (χ3v) is 3.09. The van der Waals surface area contributed by atoms with Gasteiger partial charge in [0.25, 0.3) is 5.91 Å². The Morgan fingerprint density at radius 1 is 1.29 bits per heavy atom. The number of benzene rings is 1. The Labute approximate surface area is 120 Å². The molecule has 1 aromatic carbocycles. The van der Waals surface area contributed by atoms with Gasteiger partial charge >= 0.3 is 0 Å². The van der Waals surface area contributed by atoms with Crippen molar-refractivity contribution in [1.82, 2.24) is 30.8 Å². The molecule has 0 fully saturated rings. The van der Waals surface area contributed by atoms with Crippen molar-refractivity contribution in [3.8, 4) is 11.4 Å². The van der Waals surface area contributed by atoms with E-state index in [2.05, 4.69) is 36.1 Å². The number of hydrogen-bond donors (Lipinski definition) is 3. The van der Waals surface area contributed by atoms with Gasteiger partial charge in [0.15, 0.2) is 0 Å². The predicted octanol–water partition coefficient (Wildman–Crippen LogP) is 1.40. The molecule has 3 rings (SSSR count). The summed E-state index contributed by atoms with van der Waals surface area (Å²) in [5.41, 5.74) is 2.29. The highest BCUT2D eigenvalue weighted by atomic mass is 16.1. The standard InChI is InChI=1S/C13H13N7O/c1-2-8-7-14-16-11(8)15-13(21)10-5-3-9(4-6-10)12-17-19-20-18-12/h3-7H,2H2,1H3,(H2,14,15,16,21)(H,17,18,19,20). The maximum Gasteiger partial charge on any atom is 0.256 e. The second-order valence-electron chi connectivity index (χ2n) is 4.39. The minimum absolute atomic E-state index is 0.200. The number of tetrazole rings is 1. The number of nitrogens with one attached hydrogen (secondary N) is 3. The molecule has 3 N–H and O–H groups in total. The summed E-state index contributed by atoms with van der Waals surface area (Å²) in [4.78, 5) is 12.2. The first-order valence-electron chi connectivity index (χ1n) is 6.45. The van der Waals surface area contributed by atoms with Crippen molar-refractivity contribution < 1.29 is 4.79 Å². The van der Waals surface area contributed by atoms with E-state index in [0.29, 0.717) is 17.2 Å². The Kier molecular flexibility index (Phi) is 3.42. The van der Waals surface area contributed by atoms with E-state index in [1.54, 1.807) is 30.5 Å². The van der Waals surface area contributed by atoms with E-state index in [4.69, 9.17) is 0 Å². The van der Waals surface area contributed by atoms with E-state index in [0.717, 1.165) is 17.5 Å². The van der Waals surface area contributed by atoms with Gasteiger partial charge in [-0.15, -0.1) is 10.2 Å². The Bertz CT molecular complexity index is 730. The quantitative estimate of drug-likeness (QED) is 0.670. The SMILES string of the molecule is CCc1cn[nH]c1NC(=O)c1ccc(-c2nn[nH]n2)cc1. The molecule has 0 spiro atoms. The van der Waals surface area contributed by atoms with Crippen molar-refractivity contribution in [2.24, 2.45) is 0 Å². The fourth-order valence-corrected chi connectivity index (χ4v) is 1.93. The topological polar surface area (TPSA) is 112 Å². The lowest BCUT2D eigenvalue weighted by Crippen LogP contribution is -2.13. The number of aryl methyl sites for hydroxylation is 1. The summed E-state index contributed by atoms with van der Waals surface area (Å²) in [7, 11) is 0. The van der Waals surface area contributed by atoms with Crippen LogP contribution < -0.4 is 5.32 Å². The first-order chi connectivity index (χ1) is 10.3. The molecule has 21 heavy (non-hydrogen) atoms. The third kappa shape index (κ3) is 2.64. The molecule has 3 aromatic rings. The largest absolute Gasteiger partial charge is 0.307 e. The first kappa shape index (κ1) is 13.0. The van der Waals surface area contributed by atoms with Gasteiger partial charge in [0, 0.05) is 16.7 Å². The number of carbonyl (C=O) groups excluding carboxylic acids is 1. The number of H-pyrrole nitrogens is 2. The third-order valence-electron chi connectivity index (χ3n) is 3.09. The van der Waals surface area contributed by atoms with E-state index in [1.165, 1.54) is 0 Å². The lowest BCUT2D eigenvalue weighted by molar-refractivity contribution is 0.102. The summed E-state index contributed by atoms with van der Waals surface area (Å²) in [5, 5.41) is 23.2. The molecule has 0 aliphatic carbocycles. The first-order valence-corrected chi connectivity index (χ1v) is 6.45. The lowest BCUT2D eigenvalue weighted by Gasteiger charge is -2.05. The number of nitrogens with zero attached hydrogens (tertiary/aromatic N) is 4. The molecule has 0 atom stereocenters. The van der Waals surface area contributed by atoms with Crippen molar-refractivity contribution >= 4 is 11.7 Å².